The zero-order valence-corrected chi connectivity index (χ0v) is 12.5. The van der Waals surface area contributed by atoms with Crippen LogP contribution in [0.2, 0.25) is 0 Å². The van der Waals surface area contributed by atoms with Gasteiger partial charge in [0.05, 0.1) is 12.0 Å². The molecule has 0 spiro atoms. The Kier molecular flexibility index (Phi) is 5.16. The second-order valence-corrected chi connectivity index (χ2v) is 5.31. The maximum Gasteiger partial charge on any atom is 0.128 e. The summed E-state index contributed by atoms with van der Waals surface area (Å²) in [5.74, 6) is -0.265. The fourth-order valence-electron chi connectivity index (χ4n) is 2.11. The van der Waals surface area contributed by atoms with Gasteiger partial charge in [-0.3, -0.25) is 0 Å². The first-order valence-corrected chi connectivity index (χ1v) is 7.03. The van der Waals surface area contributed by atoms with Gasteiger partial charge >= 0.3 is 0 Å². The minimum atomic E-state index is -0.466. The van der Waals surface area contributed by atoms with Gasteiger partial charge in [0.1, 0.15) is 5.82 Å². The van der Waals surface area contributed by atoms with Crippen molar-refractivity contribution in [3.05, 3.63) is 70.5 Å². The van der Waals surface area contributed by atoms with Gasteiger partial charge < -0.3 is 4.74 Å². The van der Waals surface area contributed by atoms with Crippen LogP contribution in [0, 0.1) is 12.7 Å². The molecule has 0 radical (unpaired) electrons. The van der Waals surface area contributed by atoms with Gasteiger partial charge in [-0.25, -0.2) is 4.39 Å². The molecule has 0 heterocycles. The van der Waals surface area contributed by atoms with Crippen molar-refractivity contribution in [2.24, 2.45) is 0 Å². The molecule has 1 nitrogen and oxygen atoms in total. The molecule has 20 heavy (non-hydrogen) atoms. The molecular weight excluding hydrogens is 275 g/mol. The summed E-state index contributed by atoms with van der Waals surface area (Å²) >= 11 is 6.40. The number of benzene rings is 2. The van der Waals surface area contributed by atoms with Crippen molar-refractivity contribution in [3.8, 4) is 0 Å². The molecule has 3 heteroatoms. The summed E-state index contributed by atoms with van der Waals surface area (Å²) in [6, 6.07) is 12.9. The first kappa shape index (κ1) is 15.0. The molecule has 106 valence electrons. The molecule has 0 bridgehead atoms. The van der Waals surface area contributed by atoms with Crippen LogP contribution in [0.1, 0.15) is 27.6 Å². The highest BCUT2D eigenvalue weighted by molar-refractivity contribution is 6.22. The third kappa shape index (κ3) is 3.59. The Bertz CT molecular complexity index is 566. The maximum absolute atomic E-state index is 13.9. The molecule has 0 amide bonds. The predicted octanol–water partition coefficient (Wildman–Crippen LogP) is 4.65. The van der Waals surface area contributed by atoms with Crippen LogP contribution in [-0.2, 0) is 11.2 Å². The Balaban J connectivity index is 2.20. The first-order chi connectivity index (χ1) is 9.61. The number of alkyl halides is 1. The summed E-state index contributed by atoms with van der Waals surface area (Å²) in [6.45, 7) is 2.62. The van der Waals surface area contributed by atoms with Gasteiger partial charge in [0.2, 0.25) is 0 Å². The van der Waals surface area contributed by atoms with Crippen molar-refractivity contribution in [2.45, 2.75) is 18.7 Å². The summed E-state index contributed by atoms with van der Waals surface area (Å²) in [6.07, 6.45) is 0.864. The minimum Gasteiger partial charge on any atom is -0.384 e. The summed E-state index contributed by atoms with van der Waals surface area (Å²) in [5.41, 5.74) is 3.61. The number of aryl methyl sites for hydroxylation is 1. The number of hydrogen-bond acceptors (Lipinski definition) is 1. The van der Waals surface area contributed by atoms with Crippen molar-refractivity contribution in [1.82, 2.24) is 0 Å². The average molecular weight is 293 g/mol. The Morgan fingerprint density at radius 1 is 1.15 bits per heavy atom. The van der Waals surface area contributed by atoms with Crippen LogP contribution in [0.3, 0.4) is 0 Å². The van der Waals surface area contributed by atoms with E-state index >= 15 is 0 Å². The van der Waals surface area contributed by atoms with Crippen molar-refractivity contribution in [2.75, 3.05) is 13.7 Å². The monoisotopic (exact) mass is 292 g/mol. The quantitative estimate of drug-likeness (QED) is 0.729. The third-order valence-corrected chi connectivity index (χ3v) is 3.78. The molecule has 0 fully saturated rings. The van der Waals surface area contributed by atoms with Gasteiger partial charge in [-0.05, 0) is 30.5 Å². The smallest absolute Gasteiger partial charge is 0.128 e. The minimum absolute atomic E-state index is 0.265. The average Bonchev–Trinajstić information content (AvgIpc) is 2.47. The Labute approximate surface area is 124 Å². The lowest BCUT2D eigenvalue weighted by Crippen LogP contribution is -1.99. The zero-order chi connectivity index (χ0) is 14.5. The molecule has 0 aliphatic rings. The van der Waals surface area contributed by atoms with Crippen LogP contribution in [0.25, 0.3) is 0 Å². The van der Waals surface area contributed by atoms with E-state index in [1.807, 2.05) is 31.2 Å². The number of halogens is 2. The van der Waals surface area contributed by atoms with Gasteiger partial charge in [0.15, 0.2) is 0 Å². The Hall–Kier alpha value is -1.38. The molecule has 2 aromatic rings. The molecule has 0 aromatic heterocycles. The maximum atomic E-state index is 13.9. The highest BCUT2D eigenvalue weighted by Crippen LogP contribution is 2.31. The van der Waals surface area contributed by atoms with Crippen LogP contribution >= 0.6 is 11.6 Å². The number of rotatable bonds is 5. The lowest BCUT2D eigenvalue weighted by molar-refractivity contribution is 0.202. The molecule has 2 aromatic carbocycles. The first-order valence-electron chi connectivity index (χ1n) is 6.59. The predicted molar refractivity (Wildman–Crippen MR) is 80.9 cm³/mol. The number of ether oxygens (including phenoxy) is 1. The highest BCUT2D eigenvalue weighted by Gasteiger charge is 2.15. The molecule has 0 aliphatic carbocycles. The van der Waals surface area contributed by atoms with Gasteiger partial charge in [-0.2, -0.15) is 0 Å². The third-order valence-electron chi connectivity index (χ3n) is 3.29. The van der Waals surface area contributed by atoms with E-state index < -0.39 is 5.38 Å². The van der Waals surface area contributed by atoms with Crippen molar-refractivity contribution < 1.29 is 9.13 Å². The van der Waals surface area contributed by atoms with Crippen LogP contribution in [0.4, 0.5) is 4.39 Å². The summed E-state index contributed by atoms with van der Waals surface area (Å²) < 4.78 is 18.9. The van der Waals surface area contributed by atoms with E-state index in [0.29, 0.717) is 12.2 Å². The van der Waals surface area contributed by atoms with E-state index in [9.17, 15) is 4.39 Å². The summed E-state index contributed by atoms with van der Waals surface area (Å²) in [4.78, 5) is 0. The highest BCUT2D eigenvalue weighted by atomic mass is 35.5. The van der Waals surface area contributed by atoms with E-state index in [4.69, 9.17) is 16.3 Å². The fraction of sp³-hybridized carbons (Fsp3) is 0.294. The SMILES string of the molecule is COCCc1ccc(C(Cl)c2cc(C)ccc2F)cc1. The Morgan fingerprint density at radius 3 is 2.50 bits per heavy atom. The molecule has 0 saturated heterocycles. The van der Waals surface area contributed by atoms with E-state index in [1.54, 1.807) is 19.2 Å². The van der Waals surface area contributed by atoms with Crippen molar-refractivity contribution >= 4 is 11.6 Å². The lowest BCUT2D eigenvalue weighted by atomic mass is 10.0. The van der Waals surface area contributed by atoms with Gasteiger partial charge in [-0.15, -0.1) is 11.6 Å². The molecular formula is C17H18ClFO. The Morgan fingerprint density at radius 2 is 1.85 bits per heavy atom. The summed E-state index contributed by atoms with van der Waals surface area (Å²) in [7, 11) is 1.68. The summed E-state index contributed by atoms with van der Waals surface area (Å²) in [5, 5.41) is -0.466. The van der Waals surface area contributed by atoms with Gasteiger partial charge in [0.25, 0.3) is 0 Å². The topological polar surface area (TPSA) is 9.23 Å². The number of methoxy groups -OCH3 is 1. The fourth-order valence-corrected chi connectivity index (χ4v) is 2.42. The molecule has 1 unspecified atom stereocenters. The van der Waals surface area contributed by atoms with Crippen molar-refractivity contribution in [3.63, 3.8) is 0 Å². The second kappa shape index (κ2) is 6.87. The number of hydrogen-bond donors (Lipinski definition) is 0. The van der Waals surface area contributed by atoms with E-state index in [0.717, 1.165) is 17.5 Å². The van der Waals surface area contributed by atoms with Crippen LogP contribution < -0.4 is 0 Å². The molecule has 0 saturated carbocycles. The van der Waals surface area contributed by atoms with E-state index in [2.05, 4.69) is 0 Å². The molecule has 2 rings (SSSR count). The standard InChI is InChI=1S/C17H18ClFO/c1-12-3-8-16(19)15(11-12)17(18)14-6-4-13(5-7-14)9-10-20-2/h3-8,11,17H,9-10H2,1-2H3. The van der Waals surface area contributed by atoms with E-state index in [1.165, 1.54) is 11.6 Å². The largest absolute Gasteiger partial charge is 0.384 e. The lowest BCUT2D eigenvalue weighted by Gasteiger charge is -2.13. The van der Waals surface area contributed by atoms with Crippen LogP contribution in [0.5, 0.6) is 0 Å². The van der Waals surface area contributed by atoms with Gasteiger partial charge in [0, 0.05) is 12.7 Å². The molecule has 0 N–H and O–H groups in total. The second-order valence-electron chi connectivity index (χ2n) is 4.87. The normalized spacial score (nSPS) is 12.4. The van der Waals surface area contributed by atoms with Crippen LogP contribution in [-0.4, -0.2) is 13.7 Å². The van der Waals surface area contributed by atoms with Gasteiger partial charge in [-0.1, -0.05) is 42.0 Å². The van der Waals surface area contributed by atoms with Crippen molar-refractivity contribution in [1.29, 1.82) is 0 Å². The molecule has 1 atom stereocenters. The van der Waals surface area contributed by atoms with Crippen LogP contribution in [0.15, 0.2) is 42.5 Å². The molecule has 0 aliphatic heterocycles. The zero-order valence-electron chi connectivity index (χ0n) is 11.7. The van der Waals surface area contributed by atoms with E-state index in [-0.39, 0.29) is 5.82 Å².